The van der Waals surface area contributed by atoms with Crippen LogP contribution in [-0.2, 0) is 14.3 Å². The molecule has 5 rings (SSSR count). The molecule has 2 aromatic heterocycles. The second kappa shape index (κ2) is 10.7. The van der Waals surface area contributed by atoms with Gasteiger partial charge >= 0.3 is 11.9 Å². The molecule has 1 aliphatic rings. The van der Waals surface area contributed by atoms with Crippen LogP contribution in [-0.4, -0.2) is 30.2 Å². The van der Waals surface area contributed by atoms with Gasteiger partial charge in [0.25, 0.3) is 5.56 Å². The zero-order valence-electron chi connectivity index (χ0n) is 21.3. The molecule has 2 aromatic carbocycles. The highest BCUT2D eigenvalue weighted by atomic mass is 32.1. The molecule has 0 N–H and O–H groups in total. The molecular weight excluding hydrogens is 523 g/mol. The highest BCUT2D eigenvalue weighted by Gasteiger charge is 2.33. The predicted molar refractivity (Wildman–Crippen MR) is 142 cm³/mol. The highest BCUT2D eigenvalue weighted by Crippen LogP contribution is 2.31. The van der Waals surface area contributed by atoms with Gasteiger partial charge in [-0.1, -0.05) is 41.7 Å². The lowest BCUT2D eigenvalue weighted by Crippen LogP contribution is -2.39. The molecule has 0 fully saturated rings. The molecule has 198 valence electrons. The molecule has 0 bridgehead atoms. The van der Waals surface area contributed by atoms with Gasteiger partial charge in [-0.3, -0.25) is 9.36 Å². The Hall–Kier alpha value is -4.57. The summed E-state index contributed by atoms with van der Waals surface area (Å²) in [5.74, 6) is -0.714. The number of furan rings is 1. The van der Waals surface area contributed by atoms with Gasteiger partial charge in [-0.2, -0.15) is 0 Å². The van der Waals surface area contributed by atoms with Crippen LogP contribution in [0.4, 0.5) is 4.39 Å². The Kier molecular flexibility index (Phi) is 7.12. The van der Waals surface area contributed by atoms with E-state index in [1.165, 1.54) is 35.9 Å². The number of allylic oxidation sites excluding steroid dienone is 1. The Morgan fingerprint density at radius 3 is 2.56 bits per heavy atom. The Balaban J connectivity index is 1.62. The number of nitrogens with zero attached hydrogens (tertiary/aromatic N) is 2. The van der Waals surface area contributed by atoms with Gasteiger partial charge in [0.2, 0.25) is 0 Å². The van der Waals surface area contributed by atoms with Crippen molar-refractivity contribution in [2.75, 3.05) is 13.7 Å². The van der Waals surface area contributed by atoms with E-state index in [0.717, 1.165) is 11.3 Å². The minimum absolute atomic E-state index is 0.149. The summed E-state index contributed by atoms with van der Waals surface area (Å²) in [6, 6.07) is 15.1. The van der Waals surface area contributed by atoms with Gasteiger partial charge in [-0.15, -0.1) is 0 Å². The number of ether oxygens (including phenoxy) is 2. The van der Waals surface area contributed by atoms with E-state index in [1.54, 1.807) is 56.3 Å². The van der Waals surface area contributed by atoms with Crippen LogP contribution in [0.5, 0.6) is 0 Å². The van der Waals surface area contributed by atoms with Crippen molar-refractivity contribution in [3.63, 3.8) is 0 Å². The largest absolute Gasteiger partial charge is 0.465 e. The summed E-state index contributed by atoms with van der Waals surface area (Å²) >= 11 is 1.14. The minimum atomic E-state index is -0.845. The van der Waals surface area contributed by atoms with Gasteiger partial charge in [-0.25, -0.2) is 19.0 Å². The maximum absolute atomic E-state index is 13.7. The van der Waals surface area contributed by atoms with Gasteiger partial charge < -0.3 is 13.9 Å². The molecule has 0 saturated carbocycles. The molecule has 3 heterocycles. The first-order chi connectivity index (χ1) is 18.8. The molecular formula is C29H23FN2O6S. The number of esters is 2. The van der Waals surface area contributed by atoms with Crippen LogP contribution in [0.15, 0.2) is 86.1 Å². The predicted octanol–water partition coefficient (Wildman–Crippen LogP) is 3.98. The van der Waals surface area contributed by atoms with Crippen molar-refractivity contribution in [3.05, 3.63) is 114 Å². The quantitative estimate of drug-likeness (QED) is 0.339. The summed E-state index contributed by atoms with van der Waals surface area (Å²) in [5, 5.41) is 0. The van der Waals surface area contributed by atoms with Crippen LogP contribution in [0.25, 0.3) is 17.4 Å². The monoisotopic (exact) mass is 546 g/mol. The third kappa shape index (κ3) is 4.86. The van der Waals surface area contributed by atoms with Crippen molar-refractivity contribution >= 4 is 29.4 Å². The van der Waals surface area contributed by atoms with Crippen LogP contribution in [0.2, 0.25) is 0 Å². The molecule has 0 amide bonds. The fourth-order valence-corrected chi connectivity index (χ4v) is 5.47. The van der Waals surface area contributed by atoms with E-state index in [0.29, 0.717) is 43.2 Å². The summed E-state index contributed by atoms with van der Waals surface area (Å²) in [6.45, 7) is 3.52. The average Bonchev–Trinajstić information content (AvgIpc) is 3.52. The number of thiazole rings is 1. The smallest absolute Gasteiger partial charge is 0.338 e. The molecule has 0 aliphatic carbocycles. The maximum atomic E-state index is 13.7. The second-order valence-corrected chi connectivity index (χ2v) is 9.60. The number of hydrogen-bond acceptors (Lipinski definition) is 8. The Morgan fingerprint density at radius 2 is 1.85 bits per heavy atom. The average molecular weight is 547 g/mol. The molecule has 1 aliphatic heterocycles. The van der Waals surface area contributed by atoms with Crippen molar-refractivity contribution in [2.24, 2.45) is 4.99 Å². The third-order valence-corrected chi connectivity index (χ3v) is 7.18. The second-order valence-electron chi connectivity index (χ2n) is 8.59. The molecule has 0 unspecified atom stereocenters. The number of benzene rings is 2. The Morgan fingerprint density at radius 1 is 1.10 bits per heavy atom. The minimum Gasteiger partial charge on any atom is -0.465 e. The lowest BCUT2D eigenvalue weighted by molar-refractivity contribution is -0.139. The number of methoxy groups -OCH3 is 1. The lowest BCUT2D eigenvalue weighted by Gasteiger charge is -2.24. The number of aromatic nitrogens is 1. The van der Waals surface area contributed by atoms with Gasteiger partial charge in [0.15, 0.2) is 4.80 Å². The van der Waals surface area contributed by atoms with E-state index in [2.05, 4.69) is 4.99 Å². The van der Waals surface area contributed by atoms with E-state index >= 15 is 0 Å². The normalized spacial score (nSPS) is 15.1. The number of hydrogen-bond donors (Lipinski definition) is 0. The van der Waals surface area contributed by atoms with Crippen molar-refractivity contribution in [1.82, 2.24) is 4.57 Å². The topological polar surface area (TPSA) is 100 Å². The first-order valence-electron chi connectivity index (χ1n) is 12.0. The van der Waals surface area contributed by atoms with E-state index in [1.807, 2.05) is 0 Å². The number of carbonyl (C=O) groups excluding carboxylic acids is 2. The van der Waals surface area contributed by atoms with Crippen LogP contribution < -0.4 is 14.9 Å². The summed E-state index contributed by atoms with van der Waals surface area (Å²) in [5.41, 5.74) is 1.67. The number of fused-ring (bicyclic) bond motifs is 1. The van der Waals surface area contributed by atoms with E-state index in [9.17, 15) is 18.8 Å². The van der Waals surface area contributed by atoms with E-state index in [4.69, 9.17) is 13.9 Å². The molecule has 8 nitrogen and oxygen atoms in total. The molecule has 0 spiro atoms. The molecule has 10 heteroatoms. The number of carbonyl (C=O) groups is 2. The highest BCUT2D eigenvalue weighted by molar-refractivity contribution is 7.07. The first kappa shape index (κ1) is 26.1. The van der Waals surface area contributed by atoms with Crippen molar-refractivity contribution < 1.29 is 27.9 Å². The number of rotatable bonds is 6. The van der Waals surface area contributed by atoms with Crippen LogP contribution >= 0.6 is 11.3 Å². The molecule has 4 aromatic rings. The third-order valence-electron chi connectivity index (χ3n) is 6.20. The van der Waals surface area contributed by atoms with Gasteiger partial charge in [-0.05, 0) is 49.7 Å². The van der Waals surface area contributed by atoms with Gasteiger partial charge in [0, 0.05) is 11.6 Å². The van der Waals surface area contributed by atoms with Crippen molar-refractivity contribution in [3.8, 4) is 11.3 Å². The van der Waals surface area contributed by atoms with Crippen LogP contribution in [0.3, 0.4) is 0 Å². The van der Waals surface area contributed by atoms with Crippen LogP contribution in [0.1, 0.15) is 41.6 Å². The summed E-state index contributed by atoms with van der Waals surface area (Å²) in [6.07, 6.45) is 1.58. The summed E-state index contributed by atoms with van der Waals surface area (Å²) in [4.78, 5) is 43.7. The Bertz CT molecular complexity index is 1800. The molecule has 39 heavy (non-hydrogen) atoms. The van der Waals surface area contributed by atoms with Gasteiger partial charge in [0.05, 0.1) is 41.1 Å². The van der Waals surface area contributed by atoms with E-state index in [-0.39, 0.29) is 12.2 Å². The zero-order chi connectivity index (χ0) is 27.7. The van der Waals surface area contributed by atoms with Crippen LogP contribution in [0, 0.1) is 5.82 Å². The maximum Gasteiger partial charge on any atom is 0.338 e. The number of halogens is 1. The molecule has 0 saturated heterocycles. The fourth-order valence-electron chi connectivity index (χ4n) is 4.44. The summed E-state index contributed by atoms with van der Waals surface area (Å²) < 4.78 is 31.6. The van der Waals surface area contributed by atoms with Gasteiger partial charge in [0.1, 0.15) is 17.3 Å². The summed E-state index contributed by atoms with van der Waals surface area (Å²) in [7, 11) is 1.31. The SMILES string of the molecule is CCOC(=O)C1=C(C)N=c2s/c(=C\c3ccc(-c4ccccc4C(=O)OC)o3)c(=O)n2[C@@H]1c1ccc(F)cc1. The van der Waals surface area contributed by atoms with Crippen molar-refractivity contribution in [1.29, 1.82) is 0 Å². The van der Waals surface area contributed by atoms with Crippen molar-refractivity contribution in [2.45, 2.75) is 19.9 Å². The standard InChI is InChI=1S/C29H23FN2O6S/c1-4-37-28(35)24-16(2)31-29-32(25(24)17-9-11-18(30)12-10-17)26(33)23(39-29)15-19-13-14-22(38-19)20-7-5-6-8-21(20)27(34)36-3/h5-15,25H,4H2,1-3H3/b23-15-/t25-/m1/s1. The van der Waals surface area contributed by atoms with E-state index < -0.39 is 29.4 Å². The zero-order valence-corrected chi connectivity index (χ0v) is 22.1. The first-order valence-corrected chi connectivity index (χ1v) is 12.9. The lowest BCUT2D eigenvalue weighted by atomic mass is 9.96. The molecule has 1 atom stereocenters. The molecule has 0 radical (unpaired) electrons. The Labute approximate surface area is 226 Å². The fraction of sp³-hybridized carbons (Fsp3) is 0.172.